The fourth-order valence-electron chi connectivity index (χ4n) is 1.99. The van der Waals surface area contributed by atoms with E-state index < -0.39 is 11.9 Å². The summed E-state index contributed by atoms with van der Waals surface area (Å²) in [4.78, 5) is 0. The van der Waals surface area contributed by atoms with Crippen molar-refractivity contribution in [1.82, 2.24) is 0 Å². The Morgan fingerprint density at radius 1 is 1.17 bits per heavy atom. The third kappa shape index (κ3) is 2.33. The maximum atomic E-state index is 9.77. The van der Waals surface area contributed by atoms with Crippen molar-refractivity contribution >= 4 is 0 Å². The molecule has 0 saturated heterocycles. The summed E-state index contributed by atoms with van der Waals surface area (Å²) in [5, 5.41) is 38.1. The highest BCUT2D eigenvalue weighted by molar-refractivity contribution is 5.58. The van der Waals surface area contributed by atoms with Gasteiger partial charge in [0, 0.05) is 12.0 Å². The van der Waals surface area contributed by atoms with E-state index in [0.29, 0.717) is 24.0 Å². The van der Waals surface area contributed by atoms with E-state index in [-0.39, 0.29) is 11.5 Å². The maximum absolute atomic E-state index is 9.77. The quantitative estimate of drug-likeness (QED) is 0.603. The Hall–Kier alpha value is -1.94. The molecule has 0 aromatic heterocycles. The lowest BCUT2D eigenvalue weighted by Crippen LogP contribution is -2.05. The topological polar surface area (TPSA) is 80.9 Å². The van der Waals surface area contributed by atoms with Crippen molar-refractivity contribution in [2.45, 2.75) is 25.9 Å². The minimum absolute atomic E-state index is 0.292. The first-order chi connectivity index (χ1) is 8.49. The minimum atomic E-state index is -0.481. The van der Waals surface area contributed by atoms with Crippen LogP contribution in [0.3, 0.4) is 0 Å². The largest absolute Gasteiger partial charge is 0.504 e. The van der Waals surface area contributed by atoms with Crippen molar-refractivity contribution in [1.29, 1.82) is 0 Å². The van der Waals surface area contributed by atoms with Gasteiger partial charge in [-0.15, -0.1) is 0 Å². The third-order valence-electron chi connectivity index (χ3n) is 3.07. The number of hydrogen-bond acceptors (Lipinski definition) is 4. The number of aliphatic hydroxyl groups excluding tert-OH is 1. The number of phenols is 3. The molecule has 0 spiro atoms. The second-order valence-electron chi connectivity index (χ2n) is 4.52. The Morgan fingerprint density at radius 3 is 2.50 bits per heavy atom. The van der Waals surface area contributed by atoms with E-state index in [2.05, 4.69) is 0 Å². The van der Waals surface area contributed by atoms with Crippen molar-refractivity contribution in [3.05, 3.63) is 41.0 Å². The molecule has 1 atom stereocenters. The van der Waals surface area contributed by atoms with E-state index in [9.17, 15) is 20.4 Å². The Kier molecular flexibility index (Phi) is 3.30. The smallest absolute Gasteiger partial charge is 0.200 e. The van der Waals surface area contributed by atoms with Crippen LogP contribution in [0.4, 0.5) is 0 Å². The second-order valence-corrected chi connectivity index (χ2v) is 4.52. The van der Waals surface area contributed by atoms with Gasteiger partial charge in [0.15, 0.2) is 11.5 Å². The van der Waals surface area contributed by atoms with Crippen LogP contribution >= 0.6 is 0 Å². The van der Waals surface area contributed by atoms with Crippen molar-refractivity contribution in [2.24, 2.45) is 0 Å². The zero-order valence-corrected chi connectivity index (χ0v) is 10.1. The van der Waals surface area contributed by atoms with Crippen LogP contribution in [0.25, 0.3) is 0 Å². The number of benzene rings is 1. The van der Waals surface area contributed by atoms with Gasteiger partial charge in [-0.1, -0.05) is 18.2 Å². The van der Waals surface area contributed by atoms with Crippen LogP contribution in [0.2, 0.25) is 0 Å². The average molecular weight is 248 g/mol. The molecule has 1 aliphatic rings. The number of aliphatic hydroxyl groups is 1. The Bertz CT molecular complexity index is 529. The Balaban J connectivity index is 2.28. The molecule has 2 rings (SSSR count). The number of allylic oxidation sites excluding steroid dienone is 2. The van der Waals surface area contributed by atoms with Crippen molar-refractivity contribution < 1.29 is 20.4 Å². The molecule has 1 aliphatic carbocycles. The highest BCUT2D eigenvalue weighted by Crippen LogP contribution is 2.40. The van der Waals surface area contributed by atoms with Gasteiger partial charge in [-0.25, -0.2) is 0 Å². The summed E-state index contributed by atoms with van der Waals surface area (Å²) in [5.74, 6) is -1.07. The molecular formula is C14H16O4. The van der Waals surface area contributed by atoms with E-state index in [4.69, 9.17) is 0 Å². The van der Waals surface area contributed by atoms with Crippen LogP contribution in [-0.4, -0.2) is 26.5 Å². The first kappa shape index (κ1) is 12.5. The van der Waals surface area contributed by atoms with Crippen molar-refractivity contribution in [2.75, 3.05) is 0 Å². The van der Waals surface area contributed by atoms with Crippen LogP contribution < -0.4 is 0 Å². The second kappa shape index (κ2) is 4.74. The predicted molar refractivity (Wildman–Crippen MR) is 67.7 cm³/mol. The first-order valence-electron chi connectivity index (χ1n) is 5.77. The van der Waals surface area contributed by atoms with Crippen LogP contribution in [0.5, 0.6) is 17.2 Å². The molecule has 1 aromatic carbocycles. The van der Waals surface area contributed by atoms with Crippen molar-refractivity contribution in [3.8, 4) is 17.2 Å². The van der Waals surface area contributed by atoms with E-state index >= 15 is 0 Å². The van der Waals surface area contributed by atoms with E-state index in [1.54, 1.807) is 25.1 Å². The molecule has 18 heavy (non-hydrogen) atoms. The van der Waals surface area contributed by atoms with Gasteiger partial charge in [-0.2, -0.15) is 0 Å². The minimum Gasteiger partial charge on any atom is -0.504 e. The zero-order chi connectivity index (χ0) is 13.3. The predicted octanol–water partition coefficient (Wildman–Crippen LogP) is 1.90. The average Bonchev–Trinajstić information content (AvgIpc) is 2.36. The molecular weight excluding hydrogens is 232 g/mol. The molecule has 4 nitrogen and oxygen atoms in total. The molecule has 0 fully saturated rings. The van der Waals surface area contributed by atoms with E-state index in [1.165, 1.54) is 0 Å². The fourth-order valence-corrected chi connectivity index (χ4v) is 1.99. The molecule has 0 amide bonds. The van der Waals surface area contributed by atoms with Crippen molar-refractivity contribution in [3.63, 3.8) is 0 Å². The Morgan fingerprint density at radius 2 is 1.89 bits per heavy atom. The van der Waals surface area contributed by atoms with Gasteiger partial charge in [0.05, 0.1) is 6.10 Å². The molecule has 0 aliphatic heterocycles. The first-order valence-corrected chi connectivity index (χ1v) is 5.77. The van der Waals surface area contributed by atoms with Gasteiger partial charge in [0.2, 0.25) is 5.75 Å². The third-order valence-corrected chi connectivity index (χ3v) is 3.07. The molecule has 0 heterocycles. The maximum Gasteiger partial charge on any atom is 0.200 e. The zero-order valence-electron chi connectivity index (χ0n) is 10.1. The summed E-state index contributed by atoms with van der Waals surface area (Å²) in [7, 11) is 0. The number of aromatic hydroxyl groups is 3. The highest BCUT2D eigenvalue weighted by Gasteiger charge is 2.15. The molecule has 1 unspecified atom stereocenters. The number of rotatable bonds is 2. The van der Waals surface area contributed by atoms with Gasteiger partial charge >= 0.3 is 0 Å². The Labute approximate surface area is 105 Å². The fraction of sp³-hybridized carbons (Fsp3) is 0.286. The van der Waals surface area contributed by atoms with Gasteiger partial charge in [-0.05, 0) is 30.5 Å². The monoisotopic (exact) mass is 248 g/mol. The summed E-state index contributed by atoms with van der Waals surface area (Å²) in [6.07, 6.45) is 5.94. The van der Waals surface area contributed by atoms with Crippen LogP contribution in [-0.2, 0) is 6.42 Å². The summed E-state index contributed by atoms with van der Waals surface area (Å²) < 4.78 is 0. The molecule has 0 radical (unpaired) electrons. The number of hydrogen-bond donors (Lipinski definition) is 4. The van der Waals surface area contributed by atoms with Gasteiger partial charge in [0.1, 0.15) is 0 Å². The van der Waals surface area contributed by atoms with Gasteiger partial charge in [0.25, 0.3) is 0 Å². The molecule has 0 bridgehead atoms. The lowest BCUT2D eigenvalue weighted by Gasteiger charge is -2.14. The molecule has 1 aromatic rings. The molecule has 96 valence electrons. The number of phenolic OH excluding ortho intramolecular Hbond substituents is 3. The molecule has 0 saturated carbocycles. The molecule has 4 heteroatoms. The summed E-state index contributed by atoms with van der Waals surface area (Å²) in [5.41, 5.74) is 2.02. The lowest BCUT2D eigenvalue weighted by atomic mass is 9.96. The SMILES string of the molecule is Cc1cc(CC2=CCC(O)C=C2)c(O)c(O)c1O. The van der Waals surface area contributed by atoms with Crippen LogP contribution in [0, 0.1) is 6.92 Å². The normalized spacial score (nSPS) is 18.8. The molecule has 4 N–H and O–H groups in total. The van der Waals surface area contributed by atoms with Gasteiger partial charge in [-0.3, -0.25) is 0 Å². The van der Waals surface area contributed by atoms with E-state index in [0.717, 1.165) is 5.57 Å². The lowest BCUT2D eigenvalue weighted by molar-refractivity contribution is 0.225. The standard InChI is InChI=1S/C14H16O4/c1-8-6-10(13(17)14(18)12(8)16)7-9-2-4-11(15)5-3-9/h2-4,6,11,15-18H,5,7H2,1H3. The van der Waals surface area contributed by atoms with Crippen LogP contribution in [0.1, 0.15) is 17.5 Å². The summed E-state index contributed by atoms with van der Waals surface area (Å²) in [6, 6.07) is 1.64. The summed E-state index contributed by atoms with van der Waals surface area (Å²) >= 11 is 0. The van der Waals surface area contributed by atoms with E-state index in [1.807, 2.05) is 6.08 Å². The van der Waals surface area contributed by atoms with Gasteiger partial charge < -0.3 is 20.4 Å². The van der Waals surface area contributed by atoms with Crippen LogP contribution in [0.15, 0.2) is 29.9 Å². The highest BCUT2D eigenvalue weighted by atomic mass is 16.3. The summed E-state index contributed by atoms with van der Waals surface area (Å²) in [6.45, 7) is 1.66. The number of aryl methyl sites for hydroxylation is 1.